The van der Waals surface area contributed by atoms with Gasteiger partial charge in [0.1, 0.15) is 6.04 Å². The van der Waals surface area contributed by atoms with Gasteiger partial charge in [-0.1, -0.05) is 49.6 Å². The lowest BCUT2D eigenvalue weighted by molar-refractivity contribution is -0.124. The van der Waals surface area contributed by atoms with Crippen LogP contribution in [0.4, 0.5) is 4.79 Å². The topological polar surface area (TPSA) is 87.5 Å². The normalized spacial score (nSPS) is 21.1. The molecule has 1 aliphatic carbocycles. The maximum atomic E-state index is 12.2. The lowest BCUT2D eigenvalue weighted by Gasteiger charge is -2.36. The van der Waals surface area contributed by atoms with E-state index < -0.39 is 6.04 Å². The third-order valence-corrected chi connectivity index (χ3v) is 5.56. The Kier molecular flexibility index (Phi) is 6.50. The summed E-state index contributed by atoms with van der Waals surface area (Å²) in [5.74, 6) is -0.322. The van der Waals surface area contributed by atoms with Gasteiger partial charge in [-0.15, -0.1) is 0 Å². The molecular weight excluding hydrogens is 328 g/mol. The van der Waals surface area contributed by atoms with Crippen molar-refractivity contribution >= 4 is 11.9 Å². The van der Waals surface area contributed by atoms with E-state index in [1.165, 1.54) is 19.3 Å². The minimum absolute atomic E-state index is 0.0511. The number of nitrogens with two attached hydrogens (primary N) is 1. The van der Waals surface area contributed by atoms with Crippen LogP contribution in [0.1, 0.15) is 56.6 Å². The predicted molar refractivity (Wildman–Crippen MR) is 102 cm³/mol. The summed E-state index contributed by atoms with van der Waals surface area (Å²) in [6.07, 6.45) is 7.52. The van der Waals surface area contributed by atoms with Gasteiger partial charge in [0.25, 0.3) is 0 Å². The first-order chi connectivity index (χ1) is 12.6. The number of rotatable bonds is 5. The van der Waals surface area contributed by atoms with Crippen LogP contribution in [-0.2, 0) is 4.79 Å². The highest BCUT2D eigenvalue weighted by atomic mass is 16.2. The third kappa shape index (κ3) is 4.97. The van der Waals surface area contributed by atoms with Gasteiger partial charge in [0.05, 0.1) is 0 Å². The SMILES string of the molecule is NC(=O)C(c1ccccc1)N1CCC(NC(=O)NC2CCCCC2)CC1. The van der Waals surface area contributed by atoms with Crippen molar-refractivity contribution in [1.82, 2.24) is 15.5 Å². The molecule has 26 heavy (non-hydrogen) atoms. The number of carbonyl (C=O) groups is 2. The van der Waals surface area contributed by atoms with Crippen molar-refractivity contribution in [3.63, 3.8) is 0 Å². The molecule has 1 unspecified atom stereocenters. The Morgan fingerprint density at radius 2 is 1.50 bits per heavy atom. The second-order valence-corrected chi connectivity index (χ2v) is 7.48. The van der Waals surface area contributed by atoms with Crippen molar-refractivity contribution in [3.05, 3.63) is 35.9 Å². The van der Waals surface area contributed by atoms with Crippen molar-refractivity contribution < 1.29 is 9.59 Å². The van der Waals surface area contributed by atoms with Crippen LogP contribution in [0.2, 0.25) is 0 Å². The number of carbonyl (C=O) groups excluding carboxylic acids is 2. The summed E-state index contributed by atoms with van der Waals surface area (Å²) in [7, 11) is 0. The number of nitrogens with zero attached hydrogens (tertiary/aromatic N) is 1. The summed E-state index contributed by atoms with van der Waals surface area (Å²) in [6, 6.07) is 9.69. The molecule has 1 heterocycles. The van der Waals surface area contributed by atoms with E-state index in [1.807, 2.05) is 30.3 Å². The smallest absolute Gasteiger partial charge is 0.315 e. The Balaban J connectivity index is 1.48. The highest BCUT2D eigenvalue weighted by Gasteiger charge is 2.30. The molecule has 3 amide bonds. The molecule has 2 fully saturated rings. The Morgan fingerprint density at radius 1 is 0.923 bits per heavy atom. The van der Waals surface area contributed by atoms with Crippen LogP contribution in [0, 0.1) is 0 Å². The van der Waals surface area contributed by atoms with Crippen LogP contribution in [0.15, 0.2) is 30.3 Å². The number of urea groups is 1. The van der Waals surface area contributed by atoms with Gasteiger partial charge in [-0.05, 0) is 31.2 Å². The first-order valence-corrected chi connectivity index (χ1v) is 9.79. The molecule has 0 radical (unpaired) electrons. The Labute approximate surface area is 155 Å². The highest BCUT2D eigenvalue weighted by molar-refractivity contribution is 5.81. The van der Waals surface area contributed by atoms with Crippen LogP contribution in [0.3, 0.4) is 0 Å². The van der Waals surface area contributed by atoms with Gasteiger partial charge in [-0.3, -0.25) is 9.69 Å². The van der Waals surface area contributed by atoms with Gasteiger partial charge in [0.15, 0.2) is 0 Å². The number of hydrogen-bond acceptors (Lipinski definition) is 3. The van der Waals surface area contributed by atoms with Crippen LogP contribution >= 0.6 is 0 Å². The predicted octanol–water partition coefficient (Wildman–Crippen LogP) is 2.31. The fraction of sp³-hybridized carbons (Fsp3) is 0.600. The number of hydrogen-bond donors (Lipinski definition) is 3. The summed E-state index contributed by atoms with van der Waals surface area (Å²) in [6.45, 7) is 1.49. The number of likely N-dealkylation sites (tertiary alicyclic amines) is 1. The van der Waals surface area contributed by atoms with Crippen LogP contribution in [0.5, 0.6) is 0 Å². The number of benzene rings is 1. The van der Waals surface area contributed by atoms with Crippen molar-refractivity contribution in [2.45, 2.75) is 63.1 Å². The van der Waals surface area contributed by atoms with Crippen molar-refractivity contribution in [3.8, 4) is 0 Å². The van der Waals surface area contributed by atoms with Crippen LogP contribution in [0.25, 0.3) is 0 Å². The first-order valence-electron chi connectivity index (χ1n) is 9.79. The summed E-state index contributed by atoms with van der Waals surface area (Å²) < 4.78 is 0. The molecule has 142 valence electrons. The van der Waals surface area contributed by atoms with E-state index in [2.05, 4.69) is 15.5 Å². The number of primary amides is 1. The first kappa shape index (κ1) is 18.7. The zero-order valence-electron chi connectivity index (χ0n) is 15.3. The van der Waals surface area contributed by atoms with E-state index in [0.29, 0.717) is 6.04 Å². The van der Waals surface area contributed by atoms with Gasteiger partial charge in [0, 0.05) is 25.2 Å². The Bertz CT molecular complexity index is 593. The van der Waals surface area contributed by atoms with Crippen LogP contribution < -0.4 is 16.4 Å². The molecule has 3 rings (SSSR count). The number of amides is 3. The monoisotopic (exact) mass is 358 g/mol. The van der Waals surface area contributed by atoms with Gasteiger partial charge in [0.2, 0.25) is 5.91 Å². The van der Waals surface area contributed by atoms with Crippen molar-refractivity contribution in [2.24, 2.45) is 5.73 Å². The van der Waals surface area contributed by atoms with E-state index in [0.717, 1.165) is 44.3 Å². The second-order valence-electron chi connectivity index (χ2n) is 7.48. The van der Waals surface area contributed by atoms with E-state index in [9.17, 15) is 9.59 Å². The Hall–Kier alpha value is -2.08. The van der Waals surface area contributed by atoms with E-state index in [-0.39, 0.29) is 18.0 Å². The fourth-order valence-electron chi connectivity index (χ4n) is 4.15. The van der Waals surface area contributed by atoms with E-state index >= 15 is 0 Å². The number of nitrogens with one attached hydrogen (secondary N) is 2. The molecule has 1 saturated carbocycles. The lowest BCUT2D eigenvalue weighted by atomic mass is 9.95. The summed E-state index contributed by atoms with van der Waals surface area (Å²) in [5.41, 5.74) is 6.59. The molecule has 1 aromatic carbocycles. The van der Waals surface area contributed by atoms with E-state index in [1.54, 1.807) is 0 Å². The molecular formula is C20H30N4O2. The zero-order valence-corrected chi connectivity index (χ0v) is 15.3. The summed E-state index contributed by atoms with van der Waals surface area (Å²) >= 11 is 0. The summed E-state index contributed by atoms with van der Waals surface area (Å²) in [5, 5.41) is 6.21. The standard InChI is InChI=1S/C20H30N4O2/c21-19(25)18(15-7-3-1-4-8-15)24-13-11-17(12-14-24)23-20(26)22-16-9-5-2-6-10-16/h1,3-4,7-8,16-18H,2,5-6,9-14H2,(H2,21,25)(H2,22,23,26). The van der Waals surface area contributed by atoms with Crippen molar-refractivity contribution in [2.75, 3.05) is 13.1 Å². The molecule has 2 aliphatic rings. The van der Waals surface area contributed by atoms with Gasteiger partial charge >= 0.3 is 6.03 Å². The molecule has 0 aromatic heterocycles. The molecule has 0 bridgehead atoms. The second kappa shape index (κ2) is 9.03. The minimum Gasteiger partial charge on any atom is -0.368 e. The molecule has 6 heteroatoms. The minimum atomic E-state index is -0.395. The molecule has 1 aliphatic heterocycles. The third-order valence-electron chi connectivity index (χ3n) is 5.56. The van der Waals surface area contributed by atoms with Crippen LogP contribution in [-0.4, -0.2) is 42.0 Å². The zero-order chi connectivity index (χ0) is 18.4. The Morgan fingerprint density at radius 3 is 2.08 bits per heavy atom. The maximum Gasteiger partial charge on any atom is 0.315 e. The highest BCUT2D eigenvalue weighted by Crippen LogP contribution is 2.24. The molecule has 4 N–H and O–H groups in total. The largest absolute Gasteiger partial charge is 0.368 e. The maximum absolute atomic E-state index is 12.2. The molecule has 1 atom stereocenters. The van der Waals surface area contributed by atoms with Crippen molar-refractivity contribution in [1.29, 1.82) is 0 Å². The average molecular weight is 358 g/mol. The molecule has 1 saturated heterocycles. The van der Waals surface area contributed by atoms with Gasteiger partial charge in [-0.25, -0.2) is 4.79 Å². The fourth-order valence-corrected chi connectivity index (χ4v) is 4.15. The summed E-state index contributed by atoms with van der Waals surface area (Å²) in [4.78, 5) is 26.3. The van der Waals surface area contributed by atoms with E-state index in [4.69, 9.17) is 5.73 Å². The molecule has 0 spiro atoms. The molecule has 1 aromatic rings. The average Bonchev–Trinajstić information content (AvgIpc) is 2.65. The number of piperidine rings is 1. The lowest BCUT2D eigenvalue weighted by Crippen LogP contribution is -2.51. The van der Waals surface area contributed by atoms with Gasteiger partial charge < -0.3 is 16.4 Å². The molecule has 6 nitrogen and oxygen atoms in total. The van der Waals surface area contributed by atoms with Gasteiger partial charge in [-0.2, -0.15) is 0 Å². The quantitative estimate of drug-likeness (QED) is 0.755.